The van der Waals surface area contributed by atoms with E-state index in [1.165, 1.54) is 0 Å². The van der Waals surface area contributed by atoms with Gasteiger partial charge >= 0.3 is 6.03 Å². The van der Waals surface area contributed by atoms with Crippen molar-refractivity contribution in [3.63, 3.8) is 0 Å². The molecule has 2 aromatic rings. The van der Waals surface area contributed by atoms with Crippen molar-refractivity contribution in [3.8, 4) is 5.75 Å². The maximum atomic E-state index is 11.9. The Bertz CT molecular complexity index is 675. The van der Waals surface area contributed by atoms with E-state index in [0.29, 0.717) is 35.5 Å². The van der Waals surface area contributed by atoms with Crippen molar-refractivity contribution >= 4 is 17.6 Å². The predicted molar refractivity (Wildman–Crippen MR) is 94.7 cm³/mol. The Labute approximate surface area is 152 Å². The number of aromatic nitrogens is 2. The first-order valence-corrected chi connectivity index (χ1v) is 8.57. The van der Waals surface area contributed by atoms with Crippen LogP contribution in [0.3, 0.4) is 0 Å². The molecule has 0 radical (unpaired) electrons. The molecule has 0 aliphatic rings. The van der Waals surface area contributed by atoms with E-state index >= 15 is 0 Å². The second-order valence-electron chi connectivity index (χ2n) is 5.78. The number of hydrogen-bond acceptors (Lipinski definition) is 5. The fraction of sp³-hybridized carbons (Fsp3) is 0.471. The van der Waals surface area contributed by atoms with Crippen molar-refractivity contribution in [2.24, 2.45) is 0 Å². The molecule has 1 heterocycles. The van der Waals surface area contributed by atoms with E-state index in [4.69, 9.17) is 20.9 Å². The van der Waals surface area contributed by atoms with E-state index in [2.05, 4.69) is 15.5 Å². The smallest absolute Gasteiger partial charge is 0.317 e. The van der Waals surface area contributed by atoms with Crippen molar-refractivity contribution in [2.45, 2.75) is 39.3 Å². The molecule has 25 heavy (non-hydrogen) atoms. The molecular formula is C17H23ClN4O3. The molecule has 1 aromatic carbocycles. The molecule has 0 saturated heterocycles. The minimum absolute atomic E-state index is 0.107. The SMILES string of the molecule is CCC(C)NC(=O)N(C)CCc1noc(COc2ccc(Cl)cc2)n1. The van der Waals surface area contributed by atoms with E-state index in [1.807, 2.05) is 13.8 Å². The van der Waals surface area contributed by atoms with Gasteiger partial charge in [-0.15, -0.1) is 0 Å². The van der Waals surface area contributed by atoms with Gasteiger partial charge in [-0.1, -0.05) is 23.7 Å². The van der Waals surface area contributed by atoms with Crippen molar-refractivity contribution < 1.29 is 14.1 Å². The Morgan fingerprint density at radius 1 is 1.40 bits per heavy atom. The third-order valence-electron chi connectivity index (χ3n) is 3.69. The summed E-state index contributed by atoms with van der Waals surface area (Å²) in [4.78, 5) is 17.8. The minimum Gasteiger partial charge on any atom is -0.484 e. The Morgan fingerprint density at radius 2 is 2.12 bits per heavy atom. The summed E-state index contributed by atoms with van der Waals surface area (Å²) < 4.78 is 10.7. The van der Waals surface area contributed by atoms with E-state index in [0.717, 1.165) is 6.42 Å². The van der Waals surface area contributed by atoms with Crippen LogP contribution in [0.4, 0.5) is 4.79 Å². The molecular weight excluding hydrogens is 344 g/mol. The monoisotopic (exact) mass is 366 g/mol. The highest BCUT2D eigenvalue weighted by atomic mass is 35.5. The standard InChI is InChI=1S/C17H23ClN4O3/c1-4-12(2)19-17(23)22(3)10-9-15-20-16(25-21-15)11-24-14-7-5-13(18)6-8-14/h5-8,12H,4,9-11H2,1-3H3,(H,19,23). The van der Waals surface area contributed by atoms with Gasteiger partial charge in [0.25, 0.3) is 5.89 Å². The summed E-state index contributed by atoms with van der Waals surface area (Å²) in [6.07, 6.45) is 1.40. The quantitative estimate of drug-likeness (QED) is 0.775. The lowest BCUT2D eigenvalue weighted by molar-refractivity contribution is 0.205. The van der Waals surface area contributed by atoms with Crippen molar-refractivity contribution in [1.82, 2.24) is 20.4 Å². The van der Waals surface area contributed by atoms with E-state index < -0.39 is 0 Å². The lowest BCUT2D eigenvalue weighted by Gasteiger charge is -2.20. The molecule has 0 fully saturated rings. The van der Waals surface area contributed by atoms with Gasteiger partial charge in [-0.2, -0.15) is 4.98 Å². The lowest BCUT2D eigenvalue weighted by atomic mass is 10.3. The highest BCUT2D eigenvalue weighted by molar-refractivity contribution is 6.30. The number of halogens is 1. The first-order valence-electron chi connectivity index (χ1n) is 8.19. The van der Waals surface area contributed by atoms with Crippen LogP contribution in [0.5, 0.6) is 5.75 Å². The van der Waals surface area contributed by atoms with Crippen LogP contribution >= 0.6 is 11.6 Å². The average molecular weight is 367 g/mol. The van der Waals surface area contributed by atoms with E-state index in [-0.39, 0.29) is 18.7 Å². The second-order valence-corrected chi connectivity index (χ2v) is 6.21. The van der Waals surface area contributed by atoms with Gasteiger partial charge in [-0.25, -0.2) is 4.79 Å². The van der Waals surface area contributed by atoms with Crippen molar-refractivity contribution in [1.29, 1.82) is 0 Å². The third kappa shape index (κ3) is 6.26. The number of carbonyl (C=O) groups excluding carboxylic acids is 1. The first kappa shape index (κ1) is 19.1. The second kappa shape index (κ2) is 9.27. The van der Waals surface area contributed by atoms with Gasteiger partial charge in [0.1, 0.15) is 5.75 Å². The number of carbonyl (C=O) groups is 1. The third-order valence-corrected chi connectivity index (χ3v) is 3.94. The van der Waals surface area contributed by atoms with Crippen LogP contribution in [-0.4, -0.2) is 40.7 Å². The molecule has 0 aliphatic heterocycles. The highest BCUT2D eigenvalue weighted by Crippen LogP contribution is 2.16. The molecule has 1 N–H and O–H groups in total. The van der Waals surface area contributed by atoms with Crippen LogP contribution in [0.15, 0.2) is 28.8 Å². The Morgan fingerprint density at radius 3 is 2.80 bits per heavy atom. The molecule has 2 rings (SSSR count). The Kier molecular flexibility index (Phi) is 7.06. The normalized spacial score (nSPS) is 11.8. The molecule has 1 unspecified atom stereocenters. The van der Waals surface area contributed by atoms with Crippen molar-refractivity contribution in [2.75, 3.05) is 13.6 Å². The number of nitrogens with one attached hydrogen (secondary N) is 1. The Hall–Kier alpha value is -2.28. The number of amides is 2. The maximum Gasteiger partial charge on any atom is 0.317 e. The lowest BCUT2D eigenvalue weighted by Crippen LogP contribution is -2.42. The zero-order valence-corrected chi connectivity index (χ0v) is 15.4. The number of likely N-dealkylation sites (N-methyl/N-ethyl adjacent to an activating group) is 1. The van der Waals surface area contributed by atoms with Gasteiger partial charge in [0.05, 0.1) is 0 Å². The number of hydrogen-bond donors (Lipinski definition) is 1. The molecule has 0 spiro atoms. The van der Waals surface area contributed by atoms with Crippen LogP contribution in [0, 0.1) is 0 Å². The van der Waals surface area contributed by atoms with Gasteiger partial charge in [0.15, 0.2) is 12.4 Å². The highest BCUT2D eigenvalue weighted by Gasteiger charge is 2.13. The topological polar surface area (TPSA) is 80.5 Å². The van der Waals surface area contributed by atoms with Crippen LogP contribution in [0.2, 0.25) is 5.02 Å². The van der Waals surface area contributed by atoms with Gasteiger partial charge < -0.3 is 19.5 Å². The van der Waals surface area contributed by atoms with Crippen LogP contribution in [0.25, 0.3) is 0 Å². The van der Waals surface area contributed by atoms with Gasteiger partial charge in [-0.05, 0) is 37.6 Å². The van der Waals surface area contributed by atoms with Crippen LogP contribution in [-0.2, 0) is 13.0 Å². The number of benzene rings is 1. The predicted octanol–water partition coefficient (Wildman–Crippen LogP) is 3.28. The maximum absolute atomic E-state index is 11.9. The largest absolute Gasteiger partial charge is 0.484 e. The minimum atomic E-state index is -0.107. The van der Waals surface area contributed by atoms with Crippen LogP contribution in [0.1, 0.15) is 32.0 Å². The molecule has 8 heteroatoms. The van der Waals surface area contributed by atoms with E-state index in [1.54, 1.807) is 36.2 Å². The van der Waals surface area contributed by atoms with Gasteiger partial charge in [-0.3, -0.25) is 0 Å². The molecule has 0 saturated carbocycles. The molecule has 1 atom stereocenters. The summed E-state index contributed by atoms with van der Waals surface area (Å²) in [6.45, 7) is 4.67. The number of rotatable bonds is 8. The summed E-state index contributed by atoms with van der Waals surface area (Å²) >= 11 is 5.82. The summed E-state index contributed by atoms with van der Waals surface area (Å²) in [7, 11) is 1.74. The molecule has 0 bridgehead atoms. The number of nitrogens with zero attached hydrogens (tertiary/aromatic N) is 3. The summed E-state index contributed by atoms with van der Waals surface area (Å²) in [5.41, 5.74) is 0. The molecule has 136 valence electrons. The van der Waals surface area contributed by atoms with E-state index in [9.17, 15) is 4.79 Å². The average Bonchev–Trinajstić information content (AvgIpc) is 3.06. The summed E-state index contributed by atoms with van der Waals surface area (Å²) in [5, 5.41) is 7.46. The van der Waals surface area contributed by atoms with Gasteiger partial charge in [0.2, 0.25) is 0 Å². The molecule has 7 nitrogen and oxygen atoms in total. The zero-order valence-electron chi connectivity index (χ0n) is 14.7. The molecule has 1 aromatic heterocycles. The zero-order chi connectivity index (χ0) is 18.2. The first-order chi connectivity index (χ1) is 12.0. The molecule has 2 amide bonds. The fourth-order valence-corrected chi connectivity index (χ4v) is 2.04. The fourth-order valence-electron chi connectivity index (χ4n) is 1.92. The number of ether oxygens (including phenoxy) is 1. The van der Waals surface area contributed by atoms with Crippen molar-refractivity contribution in [3.05, 3.63) is 41.0 Å². The summed E-state index contributed by atoms with van der Waals surface area (Å²) in [6, 6.07) is 7.07. The summed E-state index contributed by atoms with van der Waals surface area (Å²) in [5.74, 6) is 1.60. The number of urea groups is 1. The van der Waals surface area contributed by atoms with Gasteiger partial charge in [0, 0.05) is 31.1 Å². The van der Waals surface area contributed by atoms with Crippen LogP contribution < -0.4 is 10.1 Å². The Balaban J connectivity index is 1.77. The molecule has 0 aliphatic carbocycles.